The zero-order valence-corrected chi connectivity index (χ0v) is 21.9. The Bertz CT molecular complexity index is 1210. The zero-order valence-electron chi connectivity index (χ0n) is 21.9. The van der Waals surface area contributed by atoms with Crippen molar-refractivity contribution in [2.24, 2.45) is 11.5 Å². The van der Waals surface area contributed by atoms with Gasteiger partial charge in [-0.1, -0.05) is 109 Å². The van der Waals surface area contributed by atoms with E-state index in [4.69, 9.17) is 25.5 Å². The van der Waals surface area contributed by atoms with Gasteiger partial charge in [-0.15, -0.1) is 0 Å². The van der Waals surface area contributed by atoms with E-state index in [9.17, 15) is 0 Å². The summed E-state index contributed by atoms with van der Waals surface area (Å²) in [6.07, 6.45) is 0.827. The fraction of sp³-hybridized carbons (Fsp3) is 0.226. The normalized spacial score (nSPS) is 10.9. The third kappa shape index (κ3) is 7.90. The molecule has 0 heterocycles. The molecule has 194 valence electrons. The highest BCUT2D eigenvalue weighted by molar-refractivity contribution is 6.80. The standard InChI is InChI=1S/C31H36B2N2O3/c34-20-23-37-32(28-10-3-1-4-11-28)30-17-15-26(16-18-30)19-22-36-25-27-9-7-8-14-31(27)33(38-24-21-35)29-12-5-2-6-13-29/h1-18H,19-25,34-35H2. The van der Waals surface area contributed by atoms with E-state index in [0.29, 0.717) is 39.5 Å². The van der Waals surface area contributed by atoms with Crippen molar-refractivity contribution in [2.75, 3.05) is 32.9 Å². The molecule has 0 atom stereocenters. The average Bonchev–Trinajstić information content (AvgIpc) is 2.98. The van der Waals surface area contributed by atoms with Crippen LogP contribution in [0.15, 0.2) is 109 Å². The summed E-state index contributed by atoms with van der Waals surface area (Å²) >= 11 is 0. The van der Waals surface area contributed by atoms with Gasteiger partial charge in [-0.3, -0.25) is 0 Å². The minimum Gasteiger partial charge on any atom is -0.426 e. The van der Waals surface area contributed by atoms with Crippen LogP contribution >= 0.6 is 0 Å². The summed E-state index contributed by atoms with van der Waals surface area (Å²) in [6.45, 7) is 2.82. The lowest BCUT2D eigenvalue weighted by molar-refractivity contribution is 0.124. The predicted molar refractivity (Wildman–Crippen MR) is 159 cm³/mol. The molecule has 4 rings (SSSR count). The molecule has 0 aromatic heterocycles. The lowest BCUT2D eigenvalue weighted by Crippen LogP contribution is -2.47. The summed E-state index contributed by atoms with van der Waals surface area (Å²) in [5, 5.41) is 0. The molecule has 0 saturated heterocycles. The number of hydrogen-bond acceptors (Lipinski definition) is 5. The summed E-state index contributed by atoms with van der Waals surface area (Å²) in [5.41, 5.74) is 18.2. The van der Waals surface area contributed by atoms with Gasteiger partial charge >= 0.3 is 13.8 Å². The average molecular weight is 506 g/mol. The molecule has 0 radical (unpaired) electrons. The van der Waals surface area contributed by atoms with Gasteiger partial charge < -0.3 is 25.5 Å². The Morgan fingerprint density at radius 2 is 1.05 bits per heavy atom. The van der Waals surface area contributed by atoms with E-state index < -0.39 is 0 Å². The summed E-state index contributed by atoms with van der Waals surface area (Å²) in [4.78, 5) is 0. The summed E-state index contributed by atoms with van der Waals surface area (Å²) in [5.74, 6) is 0. The van der Waals surface area contributed by atoms with Crippen molar-refractivity contribution >= 4 is 35.7 Å². The summed E-state index contributed by atoms with van der Waals surface area (Å²) in [6, 6.07) is 37.4. The van der Waals surface area contributed by atoms with E-state index in [-0.39, 0.29) is 13.8 Å². The SMILES string of the molecule is NCCOB(c1ccccc1)c1ccc(CCOCc2ccccc2B(OCCN)c2ccccc2)cc1. The first-order valence-electron chi connectivity index (χ1n) is 13.3. The van der Waals surface area contributed by atoms with Crippen molar-refractivity contribution in [1.82, 2.24) is 0 Å². The Hall–Kier alpha value is -3.19. The minimum atomic E-state index is -0.175. The smallest absolute Gasteiger partial charge is 0.362 e. The number of hydrogen-bond donors (Lipinski definition) is 2. The fourth-order valence-corrected chi connectivity index (χ4v) is 4.53. The molecule has 0 amide bonds. The van der Waals surface area contributed by atoms with Crippen LogP contribution in [0.3, 0.4) is 0 Å². The van der Waals surface area contributed by atoms with Crippen molar-refractivity contribution in [3.05, 3.63) is 120 Å². The maximum Gasteiger partial charge on any atom is 0.362 e. The molecule has 4 aromatic rings. The highest BCUT2D eigenvalue weighted by atomic mass is 16.5. The monoisotopic (exact) mass is 506 g/mol. The van der Waals surface area contributed by atoms with Crippen LogP contribution in [0.4, 0.5) is 0 Å². The number of ether oxygens (including phenoxy) is 1. The second kappa shape index (κ2) is 15.3. The molecule has 0 spiro atoms. The Labute approximate surface area is 227 Å². The molecule has 38 heavy (non-hydrogen) atoms. The van der Waals surface area contributed by atoms with E-state index in [0.717, 1.165) is 33.8 Å². The van der Waals surface area contributed by atoms with E-state index in [1.807, 2.05) is 48.5 Å². The van der Waals surface area contributed by atoms with Gasteiger partial charge in [-0.25, -0.2) is 0 Å². The second-order valence-electron chi connectivity index (χ2n) is 9.14. The molecule has 7 heteroatoms. The van der Waals surface area contributed by atoms with Crippen LogP contribution in [0, 0.1) is 0 Å². The van der Waals surface area contributed by atoms with Gasteiger partial charge in [0.05, 0.1) is 13.2 Å². The van der Waals surface area contributed by atoms with Gasteiger partial charge in [-0.2, -0.15) is 0 Å². The minimum absolute atomic E-state index is 0.124. The van der Waals surface area contributed by atoms with Crippen LogP contribution in [0.1, 0.15) is 11.1 Å². The molecule has 0 unspecified atom stereocenters. The molecule has 0 bridgehead atoms. The number of benzene rings is 4. The molecule has 4 aromatic carbocycles. The largest absolute Gasteiger partial charge is 0.426 e. The van der Waals surface area contributed by atoms with E-state index in [1.165, 1.54) is 5.56 Å². The highest BCUT2D eigenvalue weighted by Gasteiger charge is 2.24. The molecular weight excluding hydrogens is 470 g/mol. The van der Waals surface area contributed by atoms with Crippen LogP contribution in [-0.2, 0) is 27.1 Å². The van der Waals surface area contributed by atoms with E-state index in [2.05, 4.69) is 60.7 Å². The lowest BCUT2D eigenvalue weighted by Gasteiger charge is -2.18. The molecule has 0 aliphatic rings. The van der Waals surface area contributed by atoms with Crippen LogP contribution in [-0.4, -0.2) is 46.7 Å². The van der Waals surface area contributed by atoms with Gasteiger partial charge in [0.25, 0.3) is 0 Å². The van der Waals surface area contributed by atoms with Crippen molar-refractivity contribution in [3.63, 3.8) is 0 Å². The molecule has 0 fully saturated rings. The Morgan fingerprint density at radius 1 is 0.526 bits per heavy atom. The van der Waals surface area contributed by atoms with Gasteiger partial charge in [0.15, 0.2) is 0 Å². The molecule has 5 nitrogen and oxygen atoms in total. The fourth-order valence-electron chi connectivity index (χ4n) is 4.53. The van der Waals surface area contributed by atoms with Crippen molar-refractivity contribution in [2.45, 2.75) is 13.0 Å². The second-order valence-corrected chi connectivity index (χ2v) is 9.14. The van der Waals surface area contributed by atoms with Gasteiger partial charge in [0, 0.05) is 26.3 Å². The van der Waals surface area contributed by atoms with Crippen molar-refractivity contribution < 1.29 is 14.0 Å². The zero-order chi connectivity index (χ0) is 26.4. The maximum absolute atomic E-state index is 6.17. The quantitative estimate of drug-likeness (QED) is 0.189. The van der Waals surface area contributed by atoms with Gasteiger partial charge in [-0.05, 0) is 39.4 Å². The number of rotatable bonds is 15. The first kappa shape index (κ1) is 27.8. The summed E-state index contributed by atoms with van der Waals surface area (Å²) < 4.78 is 18.4. The van der Waals surface area contributed by atoms with E-state index >= 15 is 0 Å². The van der Waals surface area contributed by atoms with Gasteiger partial charge in [0.2, 0.25) is 0 Å². The maximum atomic E-state index is 6.17. The third-order valence-electron chi connectivity index (χ3n) is 6.42. The Balaban J connectivity index is 1.36. The predicted octanol–water partition coefficient (Wildman–Crippen LogP) is 1.61. The van der Waals surface area contributed by atoms with Crippen LogP contribution in [0.5, 0.6) is 0 Å². The van der Waals surface area contributed by atoms with Crippen LogP contribution < -0.4 is 33.3 Å². The van der Waals surface area contributed by atoms with Crippen LogP contribution in [0.2, 0.25) is 0 Å². The number of nitrogens with two attached hydrogens (primary N) is 2. The molecule has 4 N–H and O–H groups in total. The van der Waals surface area contributed by atoms with Gasteiger partial charge in [0.1, 0.15) is 0 Å². The summed E-state index contributed by atoms with van der Waals surface area (Å²) in [7, 11) is 0. The van der Waals surface area contributed by atoms with Crippen molar-refractivity contribution in [1.29, 1.82) is 0 Å². The first-order chi connectivity index (χ1) is 18.8. The Kier molecular flexibility index (Phi) is 11.2. The van der Waals surface area contributed by atoms with Crippen molar-refractivity contribution in [3.8, 4) is 0 Å². The topological polar surface area (TPSA) is 79.7 Å². The molecule has 0 aliphatic heterocycles. The van der Waals surface area contributed by atoms with Crippen LogP contribution in [0.25, 0.3) is 0 Å². The highest BCUT2D eigenvalue weighted by Crippen LogP contribution is 2.06. The molecular formula is C31H36B2N2O3. The van der Waals surface area contributed by atoms with E-state index in [1.54, 1.807) is 0 Å². The third-order valence-corrected chi connectivity index (χ3v) is 6.42. The lowest BCUT2D eigenvalue weighted by atomic mass is 9.54. The Morgan fingerprint density at radius 3 is 1.68 bits per heavy atom. The molecule has 0 aliphatic carbocycles. The first-order valence-corrected chi connectivity index (χ1v) is 13.3. The molecule has 0 saturated carbocycles.